The van der Waals surface area contributed by atoms with Crippen molar-refractivity contribution in [1.29, 1.82) is 0 Å². The van der Waals surface area contributed by atoms with Crippen molar-refractivity contribution < 1.29 is 23.9 Å². The van der Waals surface area contributed by atoms with Crippen LogP contribution in [0.15, 0.2) is 0 Å². The van der Waals surface area contributed by atoms with Crippen molar-refractivity contribution in [3.8, 4) is 0 Å². The molecule has 4 amide bonds. The first-order chi connectivity index (χ1) is 16.9. The molecule has 1 spiro atoms. The first-order valence-corrected chi connectivity index (χ1v) is 13.4. The number of carbonyl (C=O) groups is 3. The number of likely N-dealkylation sites (N-methyl/N-ethyl adjacent to an activating group) is 1. The summed E-state index contributed by atoms with van der Waals surface area (Å²) in [6.07, 6.45) is 6.02. The Kier molecular flexibility index (Phi) is 10.8. The van der Waals surface area contributed by atoms with Crippen LogP contribution in [0.3, 0.4) is 0 Å². The average molecular weight is 496 g/mol. The molecule has 10 heteroatoms. The number of rotatable bonds is 10. The number of unbranched alkanes of at least 4 members (excludes halogenated alkanes) is 1. The molecule has 2 heterocycles. The fraction of sp³-hybridized carbons (Fsp3) is 0.880. The van der Waals surface area contributed by atoms with E-state index in [0.29, 0.717) is 51.7 Å². The summed E-state index contributed by atoms with van der Waals surface area (Å²) in [5.74, 6) is -0.786. The molecule has 0 unspecified atom stereocenters. The van der Waals surface area contributed by atoms with Crippen LogP contribution in [0.5, 0.6) is 0 Å². The average Bonchev–Trinajstić information content (AvgIpc) is 3.30. The number of carbonyl (C=O) groups excluding carboxylic acids is 3. The molecular formula is C25H45N5O5. The summed E-state index contributed by atoms with van der Waals surface area (Å²) >= 11 is 0. The minimum Gasteiger partial charge on any atom is -0.348 e. The third-order valence-corrected chi connectivity index (χ3v) is 7.49. The Morgan fingerprint density at radius 1 is 1.14 bits per heavy atom. The monoisotopic (exact) mass is 495 g/mol. The van der Waals surface area contributed by atoms with Gasteiger partial charge in [0.25, 0.3) is 0 Å². The number of ether oxygens (including phenoxy) is 2. The van der Waals surface area contributed by atoms with Gasteiger partial charge in [0.2, 0.25) is 11.8 Å². The highest BCUT2D eigenvalue weighted by molar-refractivity contribution is 5.97. The predicted octanol–water partition coefficient (Wildman–Crippen LogP) is 1.26. The van der Waals surface area contributed by atoms with E-state index >= 15 is 0 Å². The molecule has 35 heavy (non-hydrogen) atoms. The zero-order chi connectivity index (χ0) is 25.3. The second kappa shape index (κ2) is 13.5. The van der Waals surface area contributed by atoms with Crippen molar-refractivity contribution in [2.45, 2.75) is 57.7 Å². The lowest BCUT2D eigenvalue weighted by Gasteiger charge is -2.37. The summed E-state index contributed by atoms with van der Waals surface area (Å²) in [6.45, 7) is 7.02. The van der Waals surface area contributed by atoms with E-state index in [0.717, 1.165) is 51.6 Å². The lowest BCUT2D eigenvalue weighted by atomic mass is 9.79. The van der Waals surface area contributed by atoms with Gasteiger partial charge in [-0.1, -0.05) is 19.8 Å². The molecule has 3 rings (SSSR count). The van der Waals surface area contributed by atoms with Crippen molar-refractivity contribution in [1.82, 2.24) is 25.3 Å². The number of urea groups is 1. The van der Waals surface area contributed by atoms with Crippen molar-refractivity contribution in [3.63, 3.8) is 0 Å². The Bertz CT molecular complexity index is 706. The second-order valence-corrected chi connectivity index (χ2v) is 10.2. The van der Waals surface area contributed by atoms with Gasteiger partial charge in [0.1, 0.15) is 0 Å². The highest BCUT2D eigenvalue weighted by Gasteiger charge is 2.42. The van der Waals surface area contributed by atoms with Crippen molar-refractivity contribution in [3.05, 3.63) is 0 Å². The van der Waals surface area contributed by atoms with Crippen LogP contribution < -0.4 is 10.6 Å². The quantitative estimate of drug-likeness (QED) is 0.470. The van der Waals surface area contributed by atoms with E-state index in [1.165, 1.54) is 4.90 Å². The molecule has 3 fully saturated rings. The summed E-state index contributed by atoms with van der Waals surface area (Å²) in [5.41, 5.74) is 0. The first kappa shape index (κ1) is 27.8. The molecule has 1 saturated carbocycles. The van der Waals surface area contributed by atoms with Crippen LogP contribution in [0.25, 0.3) is 0 Å². The van der Waals surface area contributed by atoms with E-state index in [-0.39, 0.29) is 24.3 Å². The number of nitrogens with one attached hydrogen (secondary N) is 2. The van der Waals surface area contributed by atoms with Crippen LogP contribution in [0.4, 0.5) is 4.79 Å². The highest BCUT2D eigenvalue weighted by Crippen LogP contribution is 2.41. The van der Waals surface area contributed by atoms with E-state index in [1.54, 1.807) is 4.90 Å². The molecule has 0 bridgehead atoms. The van der Waals surface area contributed by atoms with Gasteiger partial charge in [-0.05, 0) is 39.3 Å². The SMILES string of the molecule is CCCCN(C(=O)NCC(=O)N1CCN(C)CC1)C(=O)[C@@H](CNC)C[C@H]1CCCC2(C1)OCCO2. The molecule has 0 aromatic rings. The van der Waals surface area contributed by atoms with E-state index in [2.05, 4.69) is 15.5 Å². The Morgan fingerprint density at radius 3 is 2.51 bits per heavy atom. The molecule has 10 nitrogen and oxygen atoms in total. The molecule has 2 aliphatic heterocycles. The normalized spacial score (nSPS) is 23.3. The summed E-state index contributed by atoms with van der Waals surface area (Å²) < 4.78 is 11.9. The lowest BCUT2D eigenvalue weighted by Crippen LogP contribution is -2.53. The van der Waals surface area contributed by atoms with Gasteiger partial charge in [0.15, 0.2) is 5.79 Å². The number of hydrogen-bond donors (Lipinski definition) is 2. The van der Waals surface area contributed by atoms with Gasteiger partial charge >= 0.3 is 6.03 Å². The third-order valence-electron chi connectivity index (χ3n) is 7.49. The van der Waals surface area contributed by atoms with E-state index in [9.17, 15) is 14.4 Å². The highest BCUT2D eigenvalue weighted by atomic mass is 16.7. The van der Waals surface area contributed by atoms with E-state index < -0.39 is 11.8 Å². The van der Waals surface area contributed by atoms with Gasteiger partial charge in [-0.25, -0.2) is 4.79 Å². The molecule has 1 aliphatic carbocycles. The first-order valence-electron chi connectivity index (χ1n) is 13.4. The van der Waals surface area contributed by atoms with Gasteiger partial charge in [-0.15, -0.1) is 0 Å². The Morgan fingerprint density at radius 2 is 1.86 bits per heavy atom. The lowest BCUT2D eigenvalue weighted by molar-refractivity contribution is -0.188. The zero-order valence-electron chi connectivity index (χ0n) is 21.9. The van der Waals surface area contributed by atoms with Crippen LogP contribution in [0.2, 0.25) is 0 Å². The number of imide groups is 1. The Hall–Kier alpha value is -1.75. The maximum absolute atomic E-state index is 13.6. The molecule has 2 N–H and O–H groups in total. The summed E-state index contributed by atoms with van der Waals surface area (Å²) in [7, 11) is 3.86. The zero-order valence-corrected chi connectivity index (χ0v) is 21.9. The minimum atomic E-state index is -0.487. The number of amides is 4. The third kappa shape index (κ3) is 7.87. The van der Waals surface area contributed by atoms with Crippen molar-refractivity contribution in [2.75, 3.05) is 73.1 Å². The minimum absolute atomic E-state index is 0.0883. The van der Waals surface area contributed by atoms with Crippen molar-refractivity contribution >= 4 is 17.8 Å². The smallest absolute Gasteiger partial charge is 0.324 e. The van der Waals surface area contributed by atoms with Gasteiger partial charge in [0, 0.05) is 52.1 Å². The molecule has 3 aliphatic rings. The maximum Gasteiger partial charge on any atom is 0.324 e. The fourth-order valence-electron chi connectivity index (χ4n) is 5.45. The molecule has 0 aromatic heterocycles. The fourth-order valence-corrected chi connectivity index (χ4v) is 5.45. The largest absolute Gasteiger partial charge is 0.348 e. The van der Waals surface area contributed by atoms with Gasteiger partial charge < -0.3 is 29.9 Å². The van der Waals surface area contributed by atoms with Gasteiger partial charge in [-0.2, -0.15) is 0 Å². The van der Waals surface area contributed by atoms with Crippen LogP contribution in [-0.4, -0.2) is 111 Å². The summed E-state index contributed by atoms with van der Waals surface area (Å²) in [5, 5.41) is 5.86. The number of hydrogen-bond acceptors (Lipinski definition) is 7. The number of nitrogens with zero attached hydrogens (tertiary/aromatic N) is 3. The molecule has 0 radical (unpaired) electrons. The molecule has 200 valence electrons. The van der Waals surface area contributed by atoms with Crippen LogP contribution >= 0.6 is 0 Å². The maximum atomic E-state index is 13.6. The molecule has 2 saturated heterocycles. The predicted molar refractivity (Wildman–Crippen MR) is 133 cm³/mol. The van der Waals surface area contributed by atoms with Crippen LogP contribution in [0, 0.1) is 11.8 Å². The second-order valence-electron chi connectivity index (χ2n) is 10.2. The molecule has 0 aromatic carbocycles. The summed E-state index contributed by atoms with van der Waals surface area (Å²) in [6, 6.07) is -0.477. The Balaban J connectivity index is 1.59. The van der Waals surface area contributed by atoms with Crippen LogP contribution in [0.1, 0.15) is 51.9 Å². The van der Waals surface area contributed by atoms with Gasteiger partial charge in [-0.3, -0.25) is 14.5 Å². The molecule has 2 atom stereocenters. The van der Waals surface area contributed by atoms with E-state index in [4.69, 9.17) is 9.47 Å². The Labute approximate surface area is 210 Å². The topological polar surface area (TPSA) is 103 Å². The molecular weight excluding hydrogens is 450 g/mol. The van der Waals surface area contributed by atoms with Crippen molar-refractivity contribution in [2.24, 2.45) is 11.8 Å². The van der Waals surface area contributed by atoms with Gasteiger partial charge in [0.05, 0.1) is 25.7 Å². The van der Waals surface area contributed by atoms with E-state index in [1.807, 2.05) is 21.0 Å². The standard InChI is InChI=1S/C25H45N5O5/c1-4-5-9-30(24(33)27-19-22(31)29-12-10-28(3)11-13-29)23(32)21(18-26-2)16-20-7-6-8-25(17-20)34-14-15-35-25/h20-21,26H,4-19H2,1-3H3,(H,27,33)/t20-,21-/m1/s1. The van der Waals surface area contributed by atoms with Crippen LogP contribution in [-0.2, 0) is 19.1 Å². The summed E-state index contributed by atoms with van der Waals surface area (Å²) in [4.78, 5) is 44.6. The number of piperazine rings is 1.